The fourth-order valence-corrected chi connectivity index (χ4v) is 2.69. The molecule has 0 bridgehead atoms. The molecule has 0 aromatic heterocycles. The SMILES string of the molecule is CCN1C(=O)CCCS1(=O)=O. The van der Waals surface area contributed by atoms with Crippen molar-refractivity contribution in [2.75, 3.05) is 12.3 Å². The molecule has 1 amide bonds. The van der Waals surface area contributed by atoms with Crippen molar-refractivity contribution in [1.82, 2.24) is 4.31 Å². The van der Waals surface area contributed by atoms with Crippen molar-refractivity contribution in [3.63, 3.8) is 0 Å². The third-order valence-corrected chi connectivity index (χ3v) is 3.63. The molecule has 1 fully saturated rings. The van der Waals surface area contributed by atoms with E-state index in [1.54, 1.807) is 6.92 Å². The smallest absolute Gasteiger partial charge is 0.237 e. The Labute approximate surface area is 66.2 Å². The zero-order chi connectivity index (χ0) is 8.48. The van der Waals surface area contributed by atoms with Gasteiger partial charge in [0.05, 0.1) is 5.75 Å². The number of amides is 1. The molecule has 0 spiro atoms. The van der Waals surface area contributed by atoms with E-state index in [0.29, 0.717) is 12.8 Å². The van der Waals surface area contributed by atoms with Crippen molar-refractivity contribution in [1.29, 1.82) is 0 Å². The Kier molecular flexibility index (Phi) is 2.17. The lowest BCUT2D eigenvalue weighted by Crippen LogP contribution is -2.41. The normalized spacial score (nSPS) is 23.7. The van der Waals surface area contributed by atoms with Gasteiger partial charge in [-0.2, -0.15) is 0 Å². The summed E-state index contributed by atoms with van der Waals surface area (Å²) in [5.74, 6) is -0.147. The van der Waals surface area contributed by atoms with E-state index >= 15 is 0 Å². The average Bonchev–Trinajstić information content (AvgIpc) is 1.86. The van der Waals surface area contributed by atoms with Crippen LogP contribution < -0.4 is 0 Å². The summed E-state index contributed by atoms with van der Waals surface area (Å²) in [6, 6.07) is 0. The van der Waals surface area contributed by atoms with Crippen LogP contribution in [0.1, 0.15) is 19.8 Å². The van der Waals surface area contributed by atoms with Gasteiger partial charge in [0, 0.05) is 13.0 Å². The van der Waals surface area contributed by atoms with Crippen molar-refractivity contribution in [2.45, 2.75) is 19.8 Å². The highest BCUT2D eigenvalue weighted by atomic mass is 32.2. The van der Waals surface area contributed by atoms with E-state index in [1.165, 1.54) is 0 Å². The Hall–Kier alpha value is -0.580. The van der Waals surface area contributed by atoms with Gasteiger partial charge in [0.2, 0.25) is 15.9 Å². The quantitative estimate of drug-likeness (QED) is 0.564. The lowest BCUT2D eigenvalue weighted by Gasteiger charge is -2.24. The summed E-state index contributed by atoms with van der Waals surface area (Å²) in [6.07, 6.45) is 0.838. The van der Waals surface area contributed by atoms with Crippen LogP contribution in [0.5, 0.6) is 0 Å². The molecule has 0 saturated carbocycles. The molecule has 5 heteroatoms. The highest BCUT2D eigenvalue weighted by Crippen LogP contribution is 2.13. The van der Waals surface area contributed by atoms with Crippen molar-refractivity contribution >= 4 is 15.9 Å². The van der Waals surface area contributed by atoms with E-state index in [4.69, 9.17) is 0 Å². The van der Waals surface area contributed by atoms with Crippen LogP contribution in [0.3, 0.4) is 0 Å². The van der Waals surface area contributed by atoms with Crippen LogP contribution in [0.15, 0.2) is 0 Å². The van der Waals surface area contributed by atoms with Gasteiger partial charge in [0.15, 0.2) is 0 Å². The molecule has 1 aliphatic rings. The van der Waals surface area contributed by atoms with E-state index in [1.807, 2.05) is 0 Å². The predicted octanol–water partition coefficient (Wildman–Crippen LogP) is -0.0415. The van der Waals surface area contributed by atoms with Gasteiger partial charge in [-0.3, -0.25) is 4.79 Å². The van der Waals surface area contributed by atoms with Crippen molar-refractivity contribution < 1.29 is 13.2 Å². The summed E-state index contributed by atoms with van der Waals surface area (Å²) in [4.78, 5) is 11.0. The number of carbonyl (C=O) groups is 1. The van der Waals surface area contributed by atoms with E-state index in [-0.39, 0.29) is 18.2 Å². The Morgan fingerprint density at radius 1 is 1.55 bits per heavy atom. The first-order valence-electron chi connectivity index (χ1n) is 3.61. The monoisotopic (exact) mass is 177 g/mol. The van der Waals surface area contributed by atoms with Crippen LogP contribution in [0.4, 0.5) is 0 Å². The largest absolute Gasteiger partial charge is 0.274 e. The van der Waals surface area contributed by atoms with Crippen molar-refractivity contribution in [3.05, 3.63) is 0 Å². The standard InChI is InChI=1S/C6H11NO3S/c1-2-7-6(8)4-3-5-11(7,9)10/h2-5H2,1H3. The Bertz CT molecular complexity index is 257. The molecule has 4 nitrogen and oxygen atoms in total. The number of rotatable bonds is 1. The minimum atomic E-state index is -3.24. The predicted molar refractivity (Wildman–Crippen MR) is 40.4 cm³/mol. The first-order valence-corrected chi connectivity index (χ1v) is 5.22. The first-order chi connectivity index (χ1) is 5.08. The van der Waals surface area contributed by atoms with E-state index in [9.17, 15) is 13.2 Å². The van der Waals surface area contributed by atoms with Crippen molar-refractivity contribution in [3.8, 4) is 0 Å². The zero-order valence-corrected chi connectivity index (χ0v) is 7.23. The number of carbonyl (C=O) groups excluding carboxylic acids is 1. The van der Waals surface area contributed by atoms with E-state index < -0.39 is 10.0 Å². The third kappa shape index (κ3) is 1.53. The fraction of sp³-hybridized carbons (Fsp3) is 0.833. The van der Waals surface area contributed by atoms with Gasteiger partial charge in [-0.05, 0) is 13.3 Å². The molecular formula is C6H11NO3S. The number of hydrogen-bond acceptors (Lipinski definition) is 3. The Balaban J connectivity index is 2.90. The second-order valence-corrected chi connectivity index (χ2v) is 4.49. The highest BCUT2D eigenvalue weighted by molar-refractivity contribution is 7.89. The Morgan fingerprint density at radius 3 is 2.55 bits per heavy atom. The maximum Gasteiger partial charge on any atom is 0.237 e. The van der Waals surface area contributed by atoms with Gasteiger partial charge in [-0.1, -0.05) is 0 Å². The molecule has 1 heterocycles. The number of nitrogens with zero attached hydrogens (tertiary/aromatic N) is 1. The summed E-state index contributed by atoms with van der Waals surface area (Å²) in [5, 5.41) is 0. The van der Waals surface area contributed by atoms with Gasteiger partial charge < -0.3 is 0 Å². The lowest BCUT2D eigenvalue weighted by atomic mass is 10.3. The molecular weight excluding hydrogens is 166 g/mol. The Morgan fingerprint density at radius 2 is 2.18 bits per heavy atom. The molecule has 0 N–H and O–H groups in total. The minimum absolute atomic E-state index is 0.118. The van der Waals surface area contributed by atoms with Gasteiger partial charge in [-0.25, -0.2) is 12.7 Å². The maximum absolute atomic E-state index is 11.1. The van der Waals surface area contributed by atoms with Crippen LogP contribution in [0.2, 0.25) is 0 Å². The third-order valence-electron chi connectivity index (χ3n) is 1.69. The number of sulfonamides is 1. The summed E-state index contributed by atoms with van der Waals surface area (Å²) < 4.78 is 23.2. The molecule has 0 aromatic carbocycles. The summed E-state index contributed by atoms with van der Waals surface area (Å²) in [5.41, 5.74) is 0. The van der Waals surface area contributed by atoms with Gasteiger partial charge in [0.1, 0.15) is 0 Å². The molecule has 11 heavy (non-hydrogen) atoms. The second-order valence-electron chi connectivity index (χ2n) is 2.48. The maximum atomic E-state index is 11.1. The summed E-state index contributed by atoms with van der Waals surface area (Å²) in [7, 11) is -3.24. The molecule has 1 aliphatic heterocycles. The van der Waals surface area contributed by atoms with Crippen LogP contribution in [-0.4, -0.2) is 30.9 Å². The van der Waals surface area contributed by atoms with E-state index in [0.717, 1.165) is 4.31 Å². The minimum Gasteiger partial charge on any atom is -0.274 e. The van der Waals surface area contributed by atoms with Crippen LogP contribution >= 0.6 is 0 Å². The highest BCUT2D eigenvalue weighted by Gasteiger charge is 2.29. The first kappa shape index (κ1) is 8.52. The summed E-state index contributed by atoms with van der Waals surface area (Å²) in [6.45, 7) is 1.93. The van der Waals surface area contributed by atoms with Gasteiger partial charge >= 0.3 is 0 Å². The molecule has 0 aliphatic carbocycles. The second kappa shape index (κ2) is 2.81. The number of hydrogen-bond donors (Lipinski definition) is 0. The molecule has 0 unspecified atom stereocenters. The zero-order valence-electron chi connectivity index (χ0n) is 6.41. The topological polar surface area (TPSA) is 54.5 Å². The lowest BCUT2D eigenvalue weighted by molar-refractivity contribution is -0.126. The van der Waals surface area contributed by atoms with Gasteiger partial charge in [0.25, 0.3) is 0 Å². The fourth-order valence-electron chi connectivity index (χ4n) is 1.17. The van der Waals surface area contributed by atoms with E-state index in [2.05, 4.69) is 0 Å². The molecule has 0 atom stereocenters. The molecule has 0 aromatic rings. The summed E-state index contributed by atoms with van der Waals surface area (Å²) >= 11 is 0. The van der Waals surface area contributed by atoms with Crippen LogP contribution in [0, 0.1) is 0 Å². The van der Waals surface area contributed by atoms with Crippen molar-refractivity contribution in [2.24, 2.45) is 0 Å². The molecule has 1 saturated heterocycles. The molecule has 0 radical (unpaired) electrons. The van der Waals surface area contributed by atoms with Crippen LogP contribution in [0.25, 0.3) is 0 Å². The van der Waals surface area contributed by atoms with Crippen LogP contribution in [-0.2, 0) is 14.8 Å². The average molecular weight is 177 g/mol. The molecule has 64 valence electrons. The molecule has 1 rings (SSSR count). The van der Waals surface area contributed by atoms with Gasteiger partial charge in [-0.15, -0.1) is 0 Å².